The van der Waals surface area contributed by atoms with Crippen LogP contribution in [0.15, 0.2) is 34.8 Å². The average Bonchev–Trinajstić information content (AvgIpc) is 2.77. The lowest BCUT2D eigenvalue weighted by Gasteiger charge is -1.96. The molecule has 1 aromatic carbocycles. The van der Waals surface area contributed by atoms with Gasteiger partial charge in [-0.3, -0.25) is 0 Å². The van der Waals surface area contributed by atoms with Gasteiger partial charge in [-0.1, -0.05) is 23.7 Å². The molecule has 0 fully saturated rings. The minimum atomic E-state index is -1.06. The Bertz CT molecular complexity index is 575. The number of carboxylic acids is 1. The molecule has 1 heterocycles. The zero-order valence-corrected chi connectivity index (χ0v) is 9.96. The summed E-state index contributed by atoms with van der Waals surface area (Å²) in [6, 6.07) is 7.27. The largest absolute Gasteiger partial charge is 0.478 e. The molecular formula is C12H9ClN2O3. The van der Waals surface area contributed by atoms with Crippen molar-refractivity contribution in [3.63, 3.8) is 0 Å². The highest BCUT2D eigenvalue weighted by Crippen LogP contribution is 2.13. The van der Waals surface area contributed by atoms with Gasteiger partial charge in [0.1, 0.15) is 0 Å². The van der Waals surface area contributed by atoms with Gasteiger partial charge in [0, 0.05) is 17.2 Å². The van der Waals surface area contributed by atoms with Gasteiger partial charge in [0.05, 0.1) is 6.42 Å². The summed E-state index contributed by atoms with van der Waals surface area (Å²) in [5, 5.41) is 16.6. The van der Waals surface area contributed by atoms with Crippen LogP contribution in [0, 0.1) is 0 Å². The summed E-state index contributed by atoms with van der Waals surface area (Å²) in [6.07, 6.45) is 2.67. The van der Waals surface area contributed by atoms with Gasteiger partial charge in [-0.25, -0.2) is 4.79 Å². The maximum atomic E-state index is 10.3. The molecule has 0 radical (unpaired) electrons. The number of halogens is 1. The molecule has 0 aliphatic heterocycles. The van der Waals surface area contributed by atoms with Gasteiger partial charge in [-0.2, -0.15) is 0 Å². The standard InChI is InChI=1S/C12H9ClN2O3/c13-9-3-1-8(2-4-9)7-11-15-14-10(18-11)5-6-12(16)17/h1-6H,7H2,(H,16,17)/b6-5+. The van der Waals surface area contributed by atoms with E-state index < -0.39 is 5.97 Å². The molecule has 5 nitrogen and oxygen atoms in total. The molecule has 1 aromatic heterocycles. The predicted molar refractivity (Wildman–Crippen MR) is 65.2 cm³/mol. The van der Waals surface area contributed by atoms with Crippen LogP contribution in [0.3, 0.4) is 0 Å². The second-order valence-corrected chi connectivity index (χ2v) is 3.95. The number of carboxylic acid groups (broad SMARTS) is 1. The van der Waals surface area contributed by atoms with Crippen molar-refractivity contribution in [3.8, 4) is 0 Å². The van der Waals surface area contributed by atoms with Crippen molar-refractivity contribution in [2.24, 2.45) is 0 Å². The lowest BCUT2D eigenvalue weighted by molar-refractivity contribution is -0.131. The third-order valence-corrected chi connectivity index (χ3v) is 2.37. The van der Waals surface area contributed by atoms with E-state index in [1.54, 1.807) is 12.1 Å². The Kier molecular flexibility index (Phi) is 3.74. The molecule has 18 heavy (non-hydrogen) atoms. The summed E-state index contributed by atoms with van der Waals surface area (Å²) in [6.45, 7) is 0. The topological polar surface area (TPSA) is 76.2 Å². The molecule has 0 aliphatic rings. The first-order chi connectivity index (χ1) is 8.63. The molecule has 0 saturated carbocycles. The molecule has 1 N–H and O–H groups in total. The third-order valence-electron chi connectivity index (χ3n) is 2.12. The first-order valence-electron chi connectivity index (χ1n) is 5.11. The summed E-state index contributed by atoms with van der Waals surface area (Å²) in [5.74, 6) is -0.476. The lowest BCUT2D eigenvalue weighted by Crippen LogP contribution is -1.87. The van der Waals surface area contributed by atoms with Crippen LogP contribution in [0.5, 0.6) is 0 Å². The number of nitrogens with zero attached hydrogens (tertiary/aromatic N) is 2. The van der Waals surface area contributed by atoms with Crippen molar-refractivity contribution in [1.29, 1.82) is 0 Å². The molecule has 0 atom stereocenters. The van der Waals surface area contributed by atoms with Crippen molar-refractivity contribution in [3.05, 3.63) is 52.7 Å². The Hall–Kier alpha value is -2.14. The Morgan fingerprint density at radius 2 is 2.06 bits per heavy atom. The molecule has 0 amide bonds. The van der Waals surface area contributed by atoms with Gasteiger partial charge < -0.3 is 9.52 Å². The normalized spacial score (nSPS) is 10.9. The fourth-order valence-electron chi connectivity index (χ4n) is 1.32. The summed E-state index contributed by atoms with van der Waals surface area (Å²) < 4.78 is 5.26. The monoisotopic (exact) mass is 264 g/mol. The van der Waals surface area contributed by atoms with Gasteiger partial charge >= 0.3 is 5.97 Å². The SMILES string of the molecule is O=C(O)/C=C/c1nnc(Cc2ccc(Cl)cc2)o1. The van der Waals surface area contributed by atoms with E-state index in [4.69, 9.17) is 21.1 Å². The van der Waals surface area contributed by atoms with Crippen molar-refractivity contribution in [2.75, 3.05) is 0 Å². The fourth-order valence-corrected chi connectivity index (χ4v) is 1.45. The van der Waals surface area contributed by atoms with Crippen LogP contribution in [0.25, 0.3) is 6.08 Å². The van der Waals surface area contributed by atoms with Gasteiger partial charge in [-0.15, -0.1) is 10.2 Å². The van der Waals surface area contributed by atoms with Gasteiger partial charge in [0.15, 0.2) is 0 Å². The smallest absolute Gasteiger partial charge is 0.328 e. The third kappa shape index (κ3) is 3.43. The van der Waals surface area contributed by atoms with Crippen molar-refractivity contribution in [1.82, 2.24) is 10.2 Å². The highest BCUT2D eigenvalue weighted by molar-refractivity contribution is 6.30. The van der Waals surface area contributed by atoms with E-state index in [0.717, 1.165) is 11.6 Å². The highest BCUT2D eigenvalue weighted by Gasteiger charge is 2.05. The van der Waals surface area contributed by atoms with Gasteiger partial charge in [0.25, 0.3) is 0 Å². The zero-order chi connectivity index (χ0) is 13.0. The number of hydrogen-bond acceptors (Lipinski definition) is 4. The van der Waals surface area contributed by atoms with Crippen molar-refractivity contribution in [2.45, 2.75) is 6.42 Å². The molecule has 2 aromatic rings. The van der Waals surface area contributed by atoms with E-state index in [1.807, 2.05) is 12.1 Å². The van der Waals surface area contributed by atoms with E-state index >= 15 is 0 Å². The minimum Gasteiger partial charge on any atom is -0.478 e. The van der Waals surface area contributed by atoms with Crippen LogP contribution in [0.2, 0.25) is 5.02 Å². The molecule has 0 aliphatic carbocycles. The lowest BCUT2D eigenvalue weighted by atomic mass is 10.1. The highest BCUT2D eigenvalue weighted by atomic mass is 35.5. The van der Waals surface area contributed by atoms with Crippen LogP contribution in [0.1, 0.15) is 17.3 Å². The summed E-state index contributed by atoms with van der Waals surface area (Å²) in [7, 11) is 0. The number of aliphatic carboxylic acids is 1. The van der Waals surface area contributed by atoms with E-state index in [-0.39, 0.29) is 5.89 Å². The Balaban J connectivity index is 2.06. The Morgan fingerprint density at radius 3 is 2.72 bits per heavy atom. The van der Waals surface area contributed by atoms with E-state index in [0.29, 0.717) is 17.3 Å². The van der Waals surface area contributed by atoms with Crippen LogP contribution in [-0.2, 0) is 11.2 Å². The molecule has 92 valence electrons. The summed E-state index contributed by atoms with van der Waals surface area (Å²) in [4.78, 5) is 10.3. The van der Waals surface area contributed by atoms with Crippen LogP contribution in [0.4, 0.5) is 0 Å². The quantitative estimate of drug-likeness (QED) is 0.858. The molecule has 6 heteroatoms. The maximum absolute atomic E-state index is 10.3. The number of rotatable bonds is 4. The molecule has 0 unspecified atom stereocenters. The van der Waals surface area contributed by atoms with Crippen LogP contribution in [-0.4, -0.2) is 21.3 Å². The molecular weight excluding hydrogens is 256 g/mol. The van der Waals surface area contributed by atoms with Crippen molar-refractivity contribution >= 4 is 23.6 Å². The molecule has 0 saturated heterocycles. The number of aromatic nitrogens is 2. The second-order valence-electron chi connectivity index (χ2n) is 3.51. The van der Waals surface area contributed by atoms with E-state index in [1.165, 1.54) is 6.08 Å². The van der Waals surface area contributed by atoms with Crippen LogP contribution < -0.4 is 0 Å². The molecule has 0 spiro atoms. The van der Waals surface area contributed by atoms with Gasteiger partial charge in [0.2, 0.25) is 11.8 Å². The van der Waals surface area contributed by atoms with Gasteiger partial charge in [-0.05, 0) is 17.7 Å². The van der Waals surface area contributed by atoms with E-state index in [2.05, 4.69) is 10.2 Å². The average molecular weight is 265 g/mol. The molecule has 2 rings (SSSR count). The summed E-state index contributed by atoms with van der Waals surface area (Å²) >= 11 is 5.77. The first-order valence-corrected chi connectivity index (χ1v) is 5.49. The first kappa shape index (κ1) is 12.3. The van der Waals surface area contributed by atoms with Crippen molar-refractivity contribution < 1.29 is 14.3 Å². The second kappa shape index (κ2) is 5.46. The Morgan fingerprint density at radius 1 is 1.33 bits per heavy atom. The minimum absolute atomic E-state index is 0.168. The molecule has 0 bridgehead atoms. The summed E-state index contributed by atoms with van der Waals surface area (Å²) in [5.41, 5.74) is 0.983. The number of carbonyl (C=O) groups is 1. The van der Waals surface area contributed by atoms with Crippen LogP contribution >= 0.6 is 11.6 Å². The van der Waals surface area contributed by atoms with E-state index in [9.17, 15) is 4.79 Å². The zero-order valence-electron chi connectivity index (χ0n) is 9.21. The Labute approximate surface area is 108 Å². The fraction of sp³-hybridized carbons (Fsp3) is 0.0833. The number of benzene rings is 1. The predicted octanol–water partition coefficient (Wildman–Crippen LogP) is 2.41. The maximum Gasteiger partial charge on any atom is 0.328 e. The number of hydrogen-bond donors (Lipinski definition) is 1.